The van der Waals surface area contributed by atoms with Crippen LogP contribution in [-0.2, 0) is 20.7 Å². The highest BCUT2D eigenvalue weighted by atomic mass is 32.1. The molecule has 1 aromatic carbocycles. The Hall–Kier alpha value is -2.78. The molecule has 0 unspecified atom stereocenters. The molecular weight excluding hydrogens is 404 g/mol. The van der Waals surface area contributed by atoms with E-state index in [1.165, 1.54) is 23.1 Å². The number of nitrogens with zero attached hydrogens (tertiary/aromatic N) is 3. The molecule has 0 amide bonds. The molecule has 8 nitrogen and oxygen atoms in total. The van der Waals surface area contributed by atoms with Gasteiger partial charge in [0.05, 0.1) is 41.1 Å². The lowest BCUT2D eigenvalue weighted by Gasteiger charge is -2.06. The number of nitrogens with one attached hydrogen (secondary N) is 1. The molecule has 0 atom stereocenters. The van der Waals surface area contributed by atoms with Crippen molar-refractivity contribution >= 4 is 33.2 Å². The van der Waals surface area contributed by atoms with E-state index >= 15 is 0 Å². The molecule has 0 saturated heterocycles. The van der Waals surface area contributed by atoms with Crippen molar-refractivity contribution in [2.75, 3.05) is 20.3 Å². The topological polar surface area (TPSA) is 98.6 Å². The molecule has 0 fully saturated rings. The highest BCUT2D eigenvalue weighted by Gasteiger charge is 2.21. The van der Waals surface area contributed by atoms with Gasteiger partial charge in [-0.25, -0.2) is 4.98 Å². The molecule has 30 heavy (non-hydrogen) atoms. The second-order valence-corrected chi connectivity index (χ2v) is 8.07. The number of methoxy groups -OCH3 is 1. The average molecular weight is 431 g/mol. The SMILES string of the molecule is COC(=O)Cc1[nH]n(-c2nc3ccccc3s2)c(=O)c1C(C)=NCCCOC(C)C. The van der Waals surface area contributed by atoms with E-state index in [0.717, 1.165) is 16.6 Å². The first kappa shape index (κ1) is 21.9. The standard InChI is InChI=1S/C21H26N4O4S/c1-13(2)29-11-7-10-22-14(3)19-16(12-18(26)28-4)24-25(20(19)27)21-23-15-8-5-6-9-17(15)30-21/h5-6,8-9,13,24H,7,10-12H2,1-4H3. The van der Waals surface area contributed by atoms with Gasteiger partial charge in [0, 0.05) is 18.9 Å². The second-order valence-electron chi connectivity index (χ2n) is 7.06. The van der Waals surface area contributed by atoms with Crippen LogP contribution in [0.4, 0.5) is 0 Å². The molecule has 0 spiro atoms. The summed E-state index contributed by atoms with van der Waals surface area (Å²) in [6.07, 6.45) is 0.869. The number of hydrogen-bond acceptors (Lipinski definition) is 7. The van der Waals surface area contributed by atoms with Gasteiger partial charge >= 0.3 is 5.97 Å². The number of para-hydroxylation sites is 1. The van der Waals surface area contributed by atoms with Crippen LogP contribution in [-0.4, -0.2) is 52.8 Å². The van der Waals surface area contributed by atoms with Crippen LogP contribution in [0.25, 0.3) is 15.3 Å². The van der Waals surface area contributed by atoms with Crippen LogP contribution < -0.4 is 5.56 Å². The predicted molar refractivity (Wildman–Crippen MR) is 118 cm³/mol. The molecule has 160 valence electrons. The van der Waals surface area contributed by atoms with Gasteiger partial charge in [-0.15, -0.1) is 0 Å². The van der Waals surface area contributed by atoms with Crippen LogP contribution >= 0.6 is 11.3 Å². The molecule has 0 aliphatic rings. The zero-order valence-electron chi connectivity index (χ0n) is 17.6. The molecule has 0 bridgehead atoms. The van der Waals surface area contributed by atoms with Crippen LogP contribution in [0.1, 0.15) is 38.4 Å². The fourth-order valence-electron chi connectivity index (χ4n) is 3.00. The normalized spacial score (nSPS) is 12.1. The molecule has 2 heterocycles. The smallest absolute Gasteiger partial charge is 0.311 e. The van der Waals surface area contributed by atoms with E-state index in [0.29, 0.717) is 35.3 Å². The third-order valence-corrected chi connectivity index (χ3v) is 5.47. The van der Waals surface area contributed by atoms with Gasteiger partial charge < -0.3 is 9.47 Å². The molecule has 3 rings (SSSR count). The van der Waals surface area contributed by atoms with E-state index < -0.39 is 5.97 Å². The predicted octanol–water partition coefficient (Wildman–Crippen LogP) is 3.11. The lowest BCUT2D eigenvalue weighted by atomic mass is 10.1. The van der Waals surface area contributed by atoms with E-state index in [2.05, 4.69) is 15.1 Å². The minimum Gasteiger partial charge on any atom is -0.469 e. The highest BCUT2D eigenvalue weighted by molar-refractivity contribution is 7.20. The zero-order valence-corrected chi connectivity index (χ0v) is 18.4. The van der Waals surface area contributed by atoms with Crippen molar-refractivity contribution in [3.63, 3.8) is 0 Å². The summed E-state index contributed by atoms with van der Waals surface area (Å²) in [6, 6.07) is 7.67. The third kappa shape index (κ3) is 5.03. The summed E-state index contributed by atoms with van der Waals surface area (Å²) >= 11 is 1.40. The second kappa shape index (κ2) is 9.82. The first-order chi connectivity index (χ1) is 14.4. The Morgan fingerprint density at radius 3 is 2.80 bits per heavy atom. The van der Waals surface area contributed by atoms with Crippen LogP contribution in [0, 0.1) is 0 Å². The van der Waals surface area contributed by atoms with Gasteiger partial charge in [-0.3, -0.25) is 19.7 Å². The van der Waals surface area contributed by atoms with Gasteiger partial charge in [0.2, 0.25) is 5.13 Å². The number of benzene rings is 1. The largest absolute Gasteiger partial charge is 0.469 e. The van der Waals surface area contributed by atoms with Crippen LogP contribution in [0.2, 0.25) is 0 Å². The summed E-state index contributed by atoms with van der Waals surface area (Å²) in [5.41, 5.74) is 1.94. The lowest BCUT2D eigenvalue weighted by molar-refractivity contribution is -0.139. The third-order valence-electron chi connectivity index (χ3n) is 4.45. The minimum atomic E-state index is -0.438. The fraction of sp³-hybridized carbons (Fsp3) is 0.429. The van der Waals surface area contributed by atoms with E-state index in [4.69, 9.17) is 9.47 Å². The fourth-order valence-corrected chi connectivity index (χ4v) is 3.93. The summed E-state index contributed by atoms with van der Waals surface area (Å²) in [7, 11) is 1.32. The Balaban J connectivity index is 1.94. The number of esters is 1. The van der Waals surface area contributed by atoms with E-state index in [1.807, 2.05) is 38.1 Å². The van der Waals surface area contributed by atoms with Crippen molar-refractivity contribution in [3.8, 4) is 5.13 Å². The summed E-state index contributed by atoms with van der Waals surface area (Å²) < 4.78 is 12.7. The number of carbonyl (C=O) groups is 1. The number of aromatic amines is 1. The van der Waals surface area contributed by atoms with E-state index in [1.54, 1.807) is 6.92 Å². The summed E-state index contributed by atoms with van der Waals surface area (Å²) in [5, 5.41) is 3.55. The summed E-state index contributed by atoms with van der Waals surface area (Å²) in [6.45, 7) is 6.88. The Morgan fingerprint density at radius 2 is 2.10 bits per heavy atom. The monoisotopic (exact) mass is 430 g/mol. The van der Waals surface area contributed by atoms with Crippen molar-refractivity contribution in [1.82, 2.24) is 14.8 Å². The Kier molecular flexibility index (Phi) is 7.17. The van der Waals surface area contributed by atoms with Crippen molar-refractivity contribution < 1.29 is 14.3 Å². The number of carbonyl (C=O) groups excluding carboxylic acids is 1. The van der Waals surface area contributed by atoms with Gasteiger partial charge in [0.15, 0.2) is 0 Å². The maximum atomic E-state index is 13.2. The number of fused-ring (bicyclic) bond motifs is 1. The molecule has 9 heteroatoms. The quantitative estimate of drug-likeness (QED) is 0.319. The lowest BCUT2D eigenvalue weighted by Crippen LogP contribution is -2.20. The number of thiazole rings is 1. The number of hydrogen-bond donors (Lipinski definition) is 1. The highest BCUT2D eigenvalue weighted by Crippen LogP contribution is 2.24. The van der Waals surface area contributed by atoms with Crippen LogP contribution in [0.3, 0.4) is 0 Å². The maximum Gasteiger partial charge on any atom is 0.311 e. The molecule has 0 aliphatic heterocycles. The molecule has 0 saturated carbocycles. The van der Waals surface area contributed by atoms with Crippen molar-refractivity contribution in [3.05, 3.63) is 45.9 Å². The molecule has 0 aliphatic carbocycles. The van der Waals surface area contributed by atoms with Crippen LogP contribution in [0.15, 0.2) is 34.1 Å². The number of H-pyrrole nitrogens is 1. The molecule has 2 aromatic heterocycles. The van der Waals surface area contributed by atoms with E-state index in [9.17, 15) is 9.59 Å². The number of aliphatic imine (C=N–C) groups is 1. The molecule has 1 N–H and O–H groups in total. The Bertz CT molecular complexity index is 1080. The summed E-state index contributed by atoms with van der Waals surface area (Å²) in [4.78, 5) is 34.2. The van der Waals surface area contributed by atoms with Gasteiger partial charge in [0.25, 0.3) is 5.56 Å². The Labute approximate surface area is 178 Å². The first-order valence-electron chi connectivity index (χ1n) is 9.80. The van der Waals surface area contributed by atoms with Gasteiger partial charge in [0.1, 0.15) is 0 Å². The molecular formula is C21H26N4O4S. The number of ether oxygens (including phenoxy) is 2. The van der Waals surface area contributed by atoms with Crippen molar-refractivity contribution in [2.45, 2.75) is 39.7 Å². The van der Waals surface area contributed by atoms with Gasteiger partial charge in [-0.1, -0.05) is 23.5 Å². The molecule has 0 radical (unpaired) electrons. The zero-order chi connectivity index (χ0) is 21.7. The average Bonchev–Trinajstić information content (AvgIpc) is 3.28. The number of rotatable bonds is 9. The number of aromatic nitrogens is 3. The maximum absolute atomic E-state index is 13.2. The van der Waals surface area contributed by atoms with Crippen molar-refractivity contribution in [2.24, 2.45) is 4.99 Å². The van der Waals surface area contributed by atoms with Crippen LogP contribution in [0.5, 0.6) is 0 Å². The van der Waals surface area contributed by atoms with Gasteiger partial charge in [-0.2, -0.15) is 4.68 Å². The Morgan fingerprint density at radius 1 is 1.33 bits per heavy atom. The van der Waals surface area contributed by atoms with Gasteiger partial charge in [-0.05, 0) is 39.3 Å². The van der Waals surface area contributed by atoms with Crippen molar-refractivity contribution in [1.29, 1.82) is 0 Å². The summed E-state index contributed by atoms with van der Waals surface area (Å²) in [5.74, 6) is -0.438. The first-order valence-corrected chi connectivity index (χ1v) is 10.6. The van der Waals surface area contributed by atoms with E-state index in [-0.39, 0.29) is 18.1 Å². The molecule has 3 aromatic rings. The minimum absolute atomic E-state index is 0.0533.